The fourth-order valence-electron chi connectivity index (χ4n) is 4.98. The van der Waals surface area contributed by atoms with Crippen molar-refractivity contribution in [3.8, 4) is 11.5 Å². The molecular formula is C24H29N5O5. The topological polar surface area (TPSA) is 115 Å². The van der Waals surface area contributed by atoms with Gasteiger partial charge in [0.05, 0.1) is 6.54 Å². The number of benzene rings is 1. The van der Waals surface area contributed by atoms with Gasteiger partial charge in [-0.1, -0.05) is 18.9 Å². The maximum absolute atomic E-state index is 13.3. The standard InChI is InChI=1S/C24H29N5O5/c1-3-28-22(31)18-11-17(21(30)25-12-15-8-9-19-20(10-15)34-14-33-19)27-29(18)13-24(28,2)23(32)26-16-6-4-5-7-16/h8-11,16H,3-7,12-14H2,1-2H3,(H,25,30)(H,26,32)/t24-/m1/s1. The molecule has 1 aliphatic carbocycles. The molecule has 1 saturated carbocycles. The smallest absolute Gasteiger partial charge is 0.273 e. The fourth-order valence-corrected chi connectivity index (χ4v) is 4.98. The van der Waals surface area contributed by atoms with Crippen molar-refractivity contribution in [3.05, 3.63) is 41.2 Å². The molecule has 5 rings (SSSR count). The van der Waals surface area contributed by atoms with E-state index in [2.05, 4.69) is 15.7 Å². The lowest BCUT2D eigenvalue weighted by molar-refractivity contribution is -0.133. The van der Waals surface area contributed by atoms with Gasteiger partial charge >= 0.3 is 0 Å². The lowest BCUT2D eigenvalue weighted by atomic mass is 9.94. The van der Waals surface area contributed by atoms with Crippen LogP contribution < -0.4 is 20.1 Å². The van der Waals surface area contributed by atoms with Gasteiger partial charge in [-0.05, 0) is 44.4 Å². The van der Waals surface area contributed by atoms with E-state index in [1.165, 1.54) is 10.7 Å². The van der Waals surface area contributed by atoms with Crippen LogP contribution in [0.25, 0.3) is 0 Å². The van der Waals surface area contributed by atoms with E-state index in [0.29, 0.717) is 23.7 Å². The minimum Gasteiger partial charge on any atom is -0.454 e. The number of rotatable bonds is 6. The molecule has 0 radical (unpaired) electrons. The molecular weight excluding hydrogens is 438 g/mol. The van der Waals surface area contributed by atoms with E-state index in [0.717, 1.165) is 31.2 Å². The van der Waals surface area contributed by atoms with Crippen molar-refractivity contribution in [2.24, 2.45) is 0 Å². The van der Waals surface area contributed by atoms with Crippen molar-refractivity contribution in [1.29, 1.82) is 0 Å². The molecule has 3 heterocycles. The van der Waals surface area contributed by atoms with Gasteiger partial charge in [0.1, 0.15) is 11.2 Å². The molecule has 10 nitrogen and oxygen atoms in total. The Morgan fingerprint density at radius 1 is 1.18 bits per heavy atom. The minimum atomic E-state index is -1.08. The van der Waals surface area contributed by atoms with Gasteiger partial charge in [-0.15, -0.1) is 0 Å². The Balaban J connectivity index is 1.31. The highest BCUT2D eigenvalue weighted by atomic mass is 16.7. The van der Waals surface area contributed by atoms with Gasteiger partial charge in [0, 0.05) is 25.2 Å². The molecule has 34 heavy (non-hydrogen) atoms. The van der Waals surface area contributed by atoms with Gasteiger partial charge < -0.3 is 25.0 Å². The van der Waals surface area contributed by atoms with E-state index in [-0.39, 0.29) is 43.4 Å². The summed E-state index contributed by atoms with van der Waals surface area (Å²) in [6.07, 6.45) is 4.13. The number of carbonyl (C=O) groups is 3. The molecule has 3 amide bonds. The number of hydrogen-bond acceptors (Lipinski definition) is 6. The molecule has 0 saturated heterocycles. The summed E-state index contributed by atoms with van der Waals surface area (Å²) < 4.78 is 12.2. The average molecular weight is 468 g/mol. The third-order valence-corrected chi connectivity index (χ3v) is 6.92. The molecule has 0 bridgehead atoms. The van der Waals surface area contributed by atoms with Crippen LogP contribution in [0.5, 0.6) is 11.5 Å². The molecule has 10 heteroatoms. The monoisotopic (exact) mass is 467 g/mol. The summed E-state index contributed by atoms with van der Waals surface area (Å²) in [5, 5.41) is 10.3. The van der Waals surface area contributed by atoms with E-state index in [9.17, 15) is 14.4 Å². The first-order chi connectivity index (χ1) is 16.4. The lowest BCUT2D eigenvalue weighted by Gasteiger charge is -2.43. The van der Waals surface area contributed by atoms with Crippen LogP contribution in [0.1, 0.15) is 66.1 Å². The molecule has 180 valence electrons. The average Bonchev–Trinajstić information content (AvgIpc) is 3.58. The van der Waals surface area contributed by atoms with Gasteiger partial charge in [-0.25, -0.2) is 0 Å². The van der Waals surface area contributed by atoms with Crippen LogP contribution in [0.2, 0.25) is 0 Å². The molecule has 1 fully saturated rings. The highest BCUT2D eigenvalue weighted by Crippen LogP contribution is 2.32. The Morgan fingerprint density at radius 2 is 1.94 bits per heavy atom. The van der Waals surface area contributed by atoms with E-state index >= 15 is 0 Å². The zero-order chi connectivity index (χ0) is 23.9. The van der Waals surface area contributed by atoms with E-state index < -0.39 is 11.4 Å². The van der Waals surface area contributed by atoms with E-state index in [1.807, 2.05) is 19.1 Å². The number of nitrogens with one attached hydrogen (secondary N) is 2. The summed E-state index contributed by atoms with van der Waals surface area (Å²) >= 11 is 0. The Kier molecular flexibility index (Phi) is 5.66. The number of nitrogens with zero attached hydrogens (tertiary/aromatic N) is 3. The maximum Gasteiger partial charge on any atom is 0.273 e. The molecule has 1 aromatic heterocycles. The highest BCUT2D eigenvalue weighted by Gasteiger charge is 2.48. The Morgan fingerprint density at radius 3 is 2.71 bits per heavy atom. The van der Waals surface area contributed by atoms with Gasteiger partial charge in [0.25, 0.3) is 11.8 Å². The highest BCUT2D eigenvalue weighted by molar-refractivity contribution is 6.01. The quantitative estimate of drug-likeness (QED) is 0.670. The first-order valence-corrected chi connectivity index (χ1v) is 11.8. The molecule has 1 aromatic carbocycles. The zero-order valence-corrected chi connectivity index (χ0v) is 19.4. The third kappa shape index (κ3) is 3.86. The number of aromatic nitrogens is 2. The second kappa shape index (κ2) is 8.66. The van der Waals surface area contributed by atoms with E-state index in [1.54, 1.807) is 17.9 Å². The number of likely N-dealkylation sites (N-methyl/N-ethyl adjacent to an activating group) is 1. The van der Waals surface area contributed by atoms with Crippen molar-refractivity contribution in [2.45, 2.75) is 64.2 Å². The van der Waals surface area contributed by atoms with Crippen molar-refractivity contribution < 1.29 is 23.9 Å². The molecule has 0 spiro atoms. The van der Waals surface area contributed by atoms with Crippen LogP contribution in [-0.2, 0) is 17.9 Å². The van der Waals surface area contributed by atoms with Gasteiger partial charge in [-0.2, -0.15) is 5.10 Å². The summed E-state index contributed by atoms with van der Waals surface area (Å²) in [5.41, 5.74) is 0.223. The SMILES string of the molecule is CCN1C(=O)c2cc(C(=O)NCc3ccc4c(c3)OCO4)nn2C[C@]1(C)C(=O)NC1CCCC1. The first kappa shape index (κ1) is 22.2. The number of hydrogen-bond donors (Lipinski definition) is 2. The largest absolute Gasteiger partial charge is 0.454 e. The normalized spacial score (nSPS) is 21.5. The summed E-state index contributed by atoms with van der Waals surface area (Å²) in [5.74, 6) is 0.442. The molecule has 2 aliphatic heterocycles. The van der Waals surface area contributed by atoms with Gasteiger partial charge in [-0.3, -0.25) is 19.1 Å². The van der Waals surface area contributed by atoms with Crippen LogP contribution in [0, 0.1) is 0 Å². The Bertz CT molecular complexity index is 1140. The van der Waals surface area contributed by atoms with Crippen LogP contribution in [-0.4, -0.2) is 57.3 Å². The van der Waals surface area contributed by atoms with Crippen LogP contribution in [0.15, 0.2) is 24.3 Å². The van der Waals surface area contributed by atoms with E-state index in [4.69, 9.17) is 9.47 Å². The second-order valence-corrected chi connectivity index (χ2v) is 9.22. The summed E-state index contributed by atoms with van der Waals surface area (Å²) in [6, 6.07) is 7.11. The number of amides is 3. The molecule has 3 aliphatic rings. The van der Waals surface area contributed by atoms with Crippen molar-refractivity contribution in [2.75, 3.05) is 13.3 Å². The number of fused-ring (bicyclic) bond motifs is 2. The number of ether oxygens (including phenoxy) is 2. The molecule has 0 unspecified atom stereocenters. The summed E-state index contributed by atoms with van der Waals surface area (Å²) in [7, 11) is 0. The van der Waals surface area contributed by atoms with Crippen LogP contribution >= 0.6 is 0 Å². The fraction of sp³-hybridized carbons (Fsp3) is 0.500. The second-order valence-electron chi connectivity index (χ2n) is 9.22. The zero-order valence-electron chi connectivity index (χ0n) is 19.4. The van der Waals surface area contributed by atoms with Crippen molar-refractivity contribution in [3.63, 3.8) is 0 Å². The summed E-state index contributed by atoms with van der Waals surface area (Å²) in [6.45, 7) is 4.65. The van der Waals surface area contributed by atoms with Crippen molar-refractivity contribution in [1.82, 2.24) is 25.3 Å². The predicted molar refractivity (Wildman–Crippen MR) is 121 cm³/mol. The third-order valence-electron chi connectivity index (χ3n) is 6.92. The Labute approximate surface area is 197 Å². The maximum atomic E-state index is 13.3. The Hall–Kier alpha value is -3.56. The van der Waals surface area contributed by atoms with Gasteiger partial charge in [0.15, 0.2) is 17.2 Å². The summed E-state index contributed by atoms with van der Waals surface area (Å²) in [4.78, 5) is 40.9. The molecule has 1 atom stereocenters. The number of carbonyl (C=O) groups excluding carboxylic acids is 3. The predicted octanol–water partition coefficient (Wildman–Crippen LogP) is 1.83. The van der Waals surface area contributed by atoms with Gasteiger partial charge in [0.2, 0.25) is 12.7 Å². The molecule has 2 aromatic rings. The molecule has 2 N–H and O–H groups in total. The van der Waals surface area contributed by atoms with Crippen LogP contribution in [0.4, 0.5) is 0 Å². The first-order valence-electron chi connectivity index (χ1n) is 11.8. The minimum absolute atomic E-state index is 0.139. The lowest BCUT2D eigenvalue weighted by Crippen LogP contribution is -2.64. The van der Waals surface area contributed by atoms with Crippen LogP contribution in [0.3, 0.4) is 0 Å². The van der Waals surface area contributed by atoms with Crippen molar-refractivity contribution >= 4 is 17.7 Å².